The van der Waals surface area contributed by atoms with Crippen molar-refractivity contribution in [2.45, 2.75) is 63.1 Å². The fourth-order valence-corrected chi connectivity index (χ4v) is 3.07. The van der Waals surface area contributed by atoms with Gasteiger partial charge in [0.05, 0.1) is 6.04 Å². The van der Waals surface area contributed by atoms with Crippen LogP contribution in [-0.2, 0) is 4.79 Å². The third-order valence-electron chi connectivity index (χ3n) is 4.14. The van der Waals surface area contributed by atoms with Gasteiger partial charge >= 0.3 is 0 Å². The average molecular weight is 208 g/mol. The van der Waals surface area contributed by atoms with Crippen LogP contribution in [-0.4, -0.2) is 24.0 Å². The third-order valence-corrected chi connectivity index (χ3v) is 4.14. The Kier molecular flexibility index (Phi) is 2.43. The summed E-state index contributed by atoms with van der Waals surface area (Å²) in [7, 11) is 0. The molecule has 1 amide bonds. The number of hydrogen-bond acceptors (Lipinski definition) is 2. The minimum atomic E-state index is 0.121. The van der Waals surface area contributed by atoms with E-state index < -0.39 is 0 Å². The maximum atomic E-state index is 11.9. The maximum absolute atomic E-state index is 11.9. The summed E-state index contributed by atoms with van der Waals surface area (Å²) in [6.07, 6.45) is 8.66. The van der Waals surface area contributed by atoms with Gasteiger partial charge in [0.2, 0.25) is 5.91 Å². The molecule has 0 aromatic heterocycles. The normalized spacial score (nSPS) is 39.9. The molecule has 1 heterocycles. The van der Waals surface area contributed by atoms with E-state index in [4.69, 9.17) is 0 Å². The number of hydrogen-bond donors (Lipinski definition) is 2. The molecule has 3 heteroatoms. The molecule has 3 atom stereocenters. The largest absolute Gasteiger partial charge is 0.352 e. The van der Waals surface area contributed by atoms with Crippen molar-refractivity contribution in [1.82, 2.24) is 10.6 Å². The zero-order valence-corrected chi connectivity index (χ0v) is 9.17. The van der Waals surface area contributed by atoms with Crippen molar-refractivity contribution in [2.75, 3.05) is 0 Å². The second-order valence-corrected chi connectivity index (χ2v) is 5.40. The molecule has 0 radical (unpaired) electrons. The summed E-state index contributed by atoms with van der Waals surface area (Å²) in [5.74, 6) is 1.07. The van der Waals surface area contributed by atoms with Crippen LogP contribution in [0.4, 0.5) is 0 Å². The average Bonchev–Trinajstić information content (AvgIpc) is 2.87. The lowest BCUT2D eigenvalue weighted by atomic mass is 9.95. The van der Waals surface area contributed by atoms with Crippen molar-refractivity contribution in [1.29, 1.82) is 0 Å². The highest BCUT2D eigenvalue weighted by molar-refractivity contribution is 5.82. The van der Waals surface area contributed by atoms with Gasteiger partial charge in [-0.1, -0.05) is 19.3 Å². The molecule has 84 valence electrons. The molecule has 3 fully saturated rings. The first kappa shape index (κ1) is 9.64. The number of carbonyl (C=O) groups is 1. The van der Waals surface area contributed by atoms with Crippen molar-refractivity contribution in [3.8, 4) is 0 Å². The number of carbonyl (C=O) groups excluding carboxylic acids is 1. The molecule has 2 N–H and O–H groups in total. The van der Waals surface area contributed by atoms with Crippen molar-refractivity contribution >= 4 is 5.91 Å². The zero-order chi connectivity index (χ0) is 10.3. The van der Waals surface area contributed by atoms with E-state index in [9.17, 15) is 4.79 Å². The number of piperidine rings is 1. The van der Waals surface area contributed by atoms with Crippen LogP contribution in [0.2, 0.25) is 0 Å². The Hall–Kier alpha value is -0.570. The summed E-state index contributed by atoms with van der Waals surface area (Å²) in [5, 5.41) is 6.61. The first-order valence-corrected chi connectivity index (χ1v) is 6.39. The summed E-state index contributed by atoms with van der Waals surface area (Å²) < 4.78 is 0. The topological polar surface area (TPSA) is 41.1 Å². The number of nitrogens with one attached hydrogen (secondary N) is 2. The van der Waals surface area contributed by atoms with E-state index in [1.165, 1.54) is 38.5 Å². The van der Waals surface area contributed by atoms with Gasteiger partial charge in [-0.15, -0.1) is 0 Å². The lowest BCUT2D eigenvalue weighted by Gasteiger charge is -2.24. The zero-order valence-electron chi connectivity index (χ0n) is 9.17. The van der Waals surface area contributed by atoms with Gasteiger partial charge in [-0.3, -0.25) is 4.79 Å². The van der Waals surface area contributed by atoms with Gasteiger partial charge in [0, 0.05) is 12.1 Å². The highest BCUT2D eigenvalue weighted by Gasteiger charge is 2.47. The molecular weight excluding hydrogens is 188 g/mol. The summed E-state index contributed by atoms with van der Waals surface area (Å²) in [6.45, 7) is 0. The number of rotatable bonds is 2. The van der Waals surface area contributed by atoms with Crippen LogP contribution in [0.1, 0.15) is 44.9 Å². The van der Waals surface area contributed by atoms with Crippen LogP contribution in [0.25, 0.3) is 0 Å². The van der Waals surface area contributed by atoms with E-state index in [1.54, 1.807) is 0 Å². The van der Waals surface area contributed by atoms with Crippen molar-refractivity contribution < 1.29 is 4.79 Å². The van der Waals surface area contributed by atoms with Gasteiger partial charge < -0.3 is 10.6 Å². The summed E-state index contributed by atoms with van der Waals surface area (Å²) in [5.41, 5.74) is 0. The summed E-state index contributed by atoms with van der Waals surface area (Å²) >= 11 is 0. The monoisotopic (exact) mass is 208 g/mol. The first-order valence-electron chi connectivity index (χ1n) is 6.39. The van der Waals surface area contributed by atoms with E-state index in [2.05, 4.69) is 10.6 Å². The molecule has 0 spiro atoms. The van der Waals surface area contributed by atoms with Crippen LogP contribution < -0.4 is 10.6 Å². The Morgan fingerprint density at radius 2 is 1.93 bits per heavy atom. The smallest absolute Gasteiger partial charge is 0.237 e. The molecular formula is C12H20N2O. The predicted octanol–water partition coefficient (Wildman–Crippen LogP) is 1.19. The molecule has 3 aliphatic rings. The molecule has 1 saturated heterocycles. The van der Waals surface area contributed by atoms with E-state index in [-0.39, 0.29) is 11.9 Å². The molecule has 0 aromatic carbocycles. The number of fused-ring (bicyclic) bond motifs is 1. The molecule has 0 unspecified atom stereocenters. The van der Waals surface area contributed by atoms with Crippen molar-refractivity contribution in [3.63, 3.8) is 0 Å². The highest BCUT2D eigenvalue weighted by Crippen LogP contribution is 2.40. The fraction of sp³-hybridized carbons (Fsp3) is 0.917. The summed E-state index contributed by atoms with van der Waals surface area (Å²) in [6, 6.07) is 1.26. The lowest BCUT2D eigenvalue weighted by Crippen LogP contribution is -2.46. The molecule has 3 rings (SSSR count). The lowest BCUT2D eigenvalue weighted by molar-refractivity contribution is -0.123. The maximum Gasteiger partial charge on any atom is 0.237 e. The van der Waals surface area contributed by atoms with E-state index in [0.29, 0.717) is 12.1 Å². The van der Waals surface area contributed by atoms with Gasteiger partial charge in [0.1, 0.15) is 0 Å². The fourth-order valence-electron chi connectivity index (χ4n) is 3.07. The Bertz CT molecular complexity index is 250. The predicted molar refractivity (Wildman–Crippen MR) is 58.5 cm³/mol. The van der Waals surface area contributed by atoms with Crippen LogP contribution in [0.15, 0.2) is 0 Å². The molecule has 1 aliphatic heterocycles. The molecule has 2 aliphatic carbocycles. The van der Waals surface area contributed by atoms with E-state index >= 15 is 0 Å². The molecule has 15 heavy (non-hydrogen) atoms. The van der Waals surface area contributed by atoms with Crippen LogP contribution in [0, 0.1) is 5.92 Å². The minimum Gasteiger partial charge on any atom is -0.352 e. The van der Waals surface area contributed by atoms with Gasteiger partial charge in [-0.05, 0) is 31.6 Å². The Morgan fingerprint density at radius 3 is 2.60 bits per heavy atom. The Balaban J connectivity index is 1.47. The highest BCUT2D eigenvalue weighted by atomic mass is 16.2. The molecule has 2 saturated carbocycles. The van der Waals surface area contributed by atoms with Crippen LogP contribution in [0.3, 0.4) is 0 Å². The Morgan fingerprint density at radius 1 is 1.13 bits per heavy atom. The van der Waals surface area contributed by atoms with Gasteiger partial charge in [0.25, 0.3) is 0 Å². The van der Waals surface area contributed by atoms with Gasteiger partial charge in [-0.2, -0.15) is 0 Å². The first-order chi connectivity index (χ1) is 7.33. The Labute approximate surface area is 91.0 Å². The molecule has 0 bridgehead atoms. The van der Waals surface area contributed by atoms with Gasteiger partial charge in [0.15, 0.2) is 0 Å². The van der Waals surface area contributed by atoms with E-state index in [0.717, 1.165) is 12.3 Å². The summed E-state index contributed by atoms with van der Waals surface area (Å²) in [4.78, 5) is 11.9. The van der Waals surface area contributed by atoms with Crippen LogP contribution in [0.5, 0.6) is 0 Å². The van der Waals surface area contributed by atoms with Gasteiger partial charge in [-0.25, -0.2) is 0 Å². The SMILES string of the molecule is O=C(NC1CCCCC1)[C@@H]1C[C@H]2C[C@H]2N1. The quantitative estimate of drug-likeness (QED) is 0.715. The molecule has 0 aromatic rings. The minimum absolute atomic E-state index is 0.121. The van der Waals surface area contributed by atoms with E-state index in [1.807, 2.05) is 0 Å². The second-order valence-electron chi connectivity index (χ2n) is 5.40. The standard InChI is InChI=1S/C12H20N2O/c15-12(11-7-8-6-10(8)14-11)13-9-4-2-1-3-5-9/h8-11,14H,1-7H2,(H,13,15)/t8-,10-,11+/m1/s1. The number of amides is 1. The third kappa shape index (κ3) is 2.03. The molecule has 3 nitrogen and oxygen atoms in total. The van der Waals surface area contributed by atoms with Crippen molar-refractivity contribution in [3.05, 3.63) is 0 Å². The van der Waals surface area contributed by atoms with Crippen molar-refractivity contribution in [2.24, 2.45) is 5.92 Å². The van der Waals surface area contributed by atoms with Crippen LogP contribution >= 0.6 is 0 Å². The second kappa shape index (κ2) is 3.78.